The number of halogens is 4. The lowest BCUT2D eigenvalue weighted by atomic mass is 9.95. The molecule has 1 aliphatic rings. The minimum Gasteiger partial charge on any atom is -0.338 e. The number of nitrogens with zero attached hydrogens (tertiary/aromatic N) is 2. The van der Waals surface area contributed by atoms with Crippen molar-refractivity contribution in [3.8, 4) is 11.4 Å². The Morgan fingerprint density at radius 3 is 2.36 bits per heavy atom. The van der Waals surface area contributed by atoms with E-state index in [1.165, 1.54) is 18.2 Å². The first kappa shape index (κ1) is 27.7. The lowest BCUT2D eigenvalue weighted by molar-refractivity contribution is -0.115. The molecule has 1 fully saturated rings. The number of hydrogen-bond donors (Lipinski definition) is 2. The molecule has 0 bridgehead atoms. The van der Waals surface area contributed by atoms with Gasteiger partial charge in [-0.3, -0.25) is 4.79 Å². The number of amides is 1. The molecule has 5 rings (SSSR count). The Hall–Kier alpha value is -2.82. The number of nitrogens with one attached hydrogen (secondary N) is 1. The second kappa shape index (κ2) is 11.0. The molecule has 1 aromatic heterocycles. The van der Waals surface area contributed by atoms with Crippen LogP contribution in [0, 0.1) is 5.82 Å². The lowest BCUT2D eigenvalue weighted by Crippen LogP contribution is -2.16. The zero-order valence-corrected chi connectivity index (χ0v) is 23.5. The molecule has 1 aliphatic carbocycles. The number of carbonyl (C=O) groups is 1. The smallest absolute Gasteiger partial charge is 0.237 e. The Balaban J connectivity index is 1.31. The van der Waals surface area contributed by atoms with Crippen molar-refractivity contribution in [2.24, 2.45) is 0 Å². The summed E-state index contributed by atoms with van der Waals surface area (Å²) in [6.45, 7) is 1.65. The van der Waals surface area contributed by atoms with Gasteiger partial charge in [0.25, 0.3) is 0 Å². The molecule has 12 heteroatoms. The summed E-state index contributed by atoms with van der Waals surface area (Å²) in [6, 6.07) is 14.4. The fourth-order valence-corrected chi connectivity index (χ4v) is 5.80. The number of hydrogen-bond acceptors (Lipinski definition) is 5. The van der Waals surface area contributed by atoms with Crippen LogP contribution in [0.1, 0.15) is 47.6 Å². The second-order valence-corrected chi connectivity index (χ2v) is 11.8. The SMILES string of the molecule is CC(c1ccc(CC(=O)Nc2cc(Cl)c(C3(c4nc(-c5ccc(F)c(Cl)c5)no4)CC3)c(Cl)c2)cc1)S(=O)O. The predicted molar refractivity (Wildman–Crippen MR) is 149 cm³/mol. The van der Waals surface area contributed by atoms with Gasteiger partial charge < -0.3 is 14.4 Å². The fourth-order valence-electron chi connectivity index (χ4n) is 4.38. The lowest BCUT2D eigenvalue weighted by Gasteiger charge is -2.17. The number of carbonyl (C=O) groups excluding carboxylic acids is 1. The van der Waals surface area contributed by atoms with Crippen LogP contribution < -0.4 is 5.32 Å². The van der Waals surface area contributed by atoms with E-state index in [2.05, 4.69) is 15.5 Å². The van der Waals surface area contributed by atoms with Crippen LogP contribution in [0.25, 0.3) is 11.4 Å². The summed E-state index contributed by atoms with van der Waals surface area (Å²) in [4.78, 5) is 17.2. The van der Waals surface area contributed by atoms with Crippen LogP contribution in [-0.4, -0.2) is 24.8 Å². The van der Waals surface area contributed by atoms with E-state index in [1.807, 2.05) is 0 Å². The third kappa shape index (κ3) is 5.73. The Morgan fingerprint density at radius 1 is 1.10 bits per heavy atom. The highest BCUT2D eigenvalue weighted by Crippen LogP contribution is 2.57. The third-order valence-corrected chi connectivity index (χ3v) is 8.45. The van der Waals surface area contributed by atoms with E-state index in [0.717, 1.165) is 5.56 Å². The normalized spacial score (nSPS) is 15.5. The molecule has 2 unspecified atom stereocenters. The zero-order chi connectivity index (χ0) is 27.9. The molecule has 0 aliphatic heterocycles. The maximum atomic E-state index is 13.5. The Bertz CT molecular complexity index is 1570. The van der Waals surface area contributed by atoms with Gasteiger partial charge in [0, 0.05) is 26.9 Å². The summed E-state index contributed by atoms with van der Waals surface area (Å²) >= 11 is 17.2. The Kier molecular flexibility index (Phi) is 7.81. The molecule has 39 heavy (non-hydrogen) atoms. The molecular formula is C27H21Cl3FN3O4S. The molecule has 2 N–H and O–H groups in total. The summed E-state index contributed by atoms with van der Waals surface area (Å²) in [5.74, 6) is -0.220. The number of rotatable bonds is 8. The van der Waals surface area contributed by atoms with Crippen molar-refractivity contribution in [3.63, 3.8) is 0 Å². The van der Waals surface area contributed by atoms with Crippen molar-refractivity contribution in [2.45, 2.75) is 36.9 Å². The predicted octanol–water partition coefficient (Wildman–Crippen LogP) is 7.38. The first-order valence-corrected chi connectivity index (χ1v) is 14.2. The van der Waals surface area contributed by atoms with Crippen LogP contribution in [0.2, 0.25) is 15.1 Å². The maximum absolute atomic E-state index is 13.5. The van der Waals surface area contributed by atoms with Crippen molar-refractivity contribution in [1.29, 1.82) is 0 Å². The molecule has 0 spiro atoms. The molecule has 202 valence electrons. The maximum Gasteiger partial charge on any atom is 0.237 e. The van der Waals surface area contributed by atoms with Gasteiger partial charge in [-0.05, 0) is 61.2 Å². The van der Waals surface area contributed by atoms with E-state index < -0.39 is 27.6 Å². The van der Waals surface area contributed by atoms with Crippen molar-refractivity contribution in [1.82, 2.24) is 10.1 Å². The largest absolute Gasteiger partial charge is 0.338 e. The molecule has 1 saturated carbocycles. The van der Waals surface area contributed by atoms with Gasteiger partial charge in [-0.25, -0.2) is 8.60 Å². The monoisotopic (exact) mass is 607 g/mol. The van der Waals surface area contributed by atoms with Crippen molar-refractivity contribution in [3.05, 3.63) is 98.1 Å². The highest BCUT2D eigenvalue weighted by molar-refractivity contribution is 7.79. The van der Waals surface area contributed by atoms with E-state index in [1.54, 1.807) is 43.3 Å². The molecule has 0 radical (unpaired) electrons. The van der Waals surface area contributed by atoms with Crippen LogP contribution in [0.5, 0.6) is 0 Å². The van der Waals surface area contributed by atoms with Gasteiger partial charge in [0.05, 0.1) is 22.1 Å². The Morgan fingerprint density at radius 2 is 1.77 bits per heavy atom. The van der Waals surface area contributed by atoms with E-state index in [-0.39, 0.29) is 23.2 Å². The quantitative estimate of drug-likeness (QED) is 0.202. The van der Waals surface area contributed by atoms with Crippen LogP contribution in [0.15, 0.2) is 59.1 Å². The fraction of sp³-hybridized carbons (Fsp3) is 0.222. The van der Waals surface area contributed by atoms with Gasteiger partial charge in [0.1, 0.15) is 5.82 Å². The van der Waals surface area contributed by atoms with Crippen LogP contribution in [0.3, 0.4) is 0 Å². The van der Waals surface area contributed by atoms with Crippen LogP contribution in [0.4, 0.5) is 10.1 Å². The summed E-state index contributed by atoms with van der Waals surface area (Å²) in [5, 5.41) is 6.96. The summed E-state index contributed by atoms with van der Waals surface area (Å²) < 4.78 is 39.6. The van der Waals surface area contributed by atoms with Crippen molar-refractivity contribution in [2.75, 3.05) is 5.32 Å². The minimum atomic E-state index is -1.97. The first-order chi connectivity index (χ1) is 18.6. The third-order valence-electron chi connectivity index (χ3n) is 6.68. The molecule has 4 aromatic rings. The van der Waals surface area contributed by atoms with Crippen LogP contribution in [-0.2, 0) is 27.7 Å². The van der Waals surface area contributed by atoms with E-state index in [4.69, 9.17) is 39.3 Å². The highest BCUT2D eigenvalue weighted by Gasteiger charge is 2.53. The van der Waals surface area contributed by atoms with E-state index in [9.17, 15) is 17.9 Å². The zero-order valence-electron chi connectivity index (χ0n) is 20.4. The number of aromatic nitrogens is 2. The Labute approximate surface area is 241 Å². The van der Waals surface area contributed by atoms with Gasteiger partial charge in [-0.1, -0.05) is 64.2 Å². The van der Waals surface area contributed by atoms with Gasteiger partial charge >= 0.3 is 0 Å². The average Bonchev–Trinajstić information content (AvgIpc) is 3.51. The molecule has 7 nitrogen and oxygen atoms in total. The second-order valence-electron chi connectivity index (χ2n) is 9.33. The standard InChI is InChI=1S/C27H21Cl3FN3O4S/c1-14(39(36)37)16-4-2-15(3-5-16)10-23(35)32-18-12-20(29)24(21(30)13-18)27(8-9-27)26-33-25(34-38-26)17-6-7-22(31)19(28)11-17/h2-7,11-14H,8-10H2,1H3,(H,32,35)(H,36,37). The molecule has 1 heterocycles. The van der Waals surface area contributed by atoms with Gasteiger partial charge in [-0.15, -0.1) is 0 Å². The first-order valence-electron chi connectivity index (χ1n) is 11.8. The molecular weight excluding hydrogens is 588 g/mol. The summed E-state index contributed by atoms with van der Waals surface area (Å²) in [5.41, 5.74) is 2.36. The van der Waals surface area contributed by atoms with Crippen molar-refractivity contribution >= 4 is 57.5 Å². The molecule has 0 saturated heterocycles. The minimum absolute atomic E-state index is 0.0466. The van der Waals surface area contributed by atoms with Gasteiger partial charge in [0.15, 0.2) is 11.1 Å². The topological polar surface area (TPSA) is 105 Å². The highest BCUT2D eigenvalue weighted by atomic mass is 35.5. The summed E-state index contributed by atoms with van der Waals surface area (Å²) in [7, 11) is 0. The average molecular weight is 609 g/mol. The van der Waals surface area contributed by atoms with Crippen molar-refractivity contribution < 1.29 is 22.5 Å². The number of anilines is 1. The number of benzene rings is 3. The van der Waals surface area contributed by atoms with E-state index in [0.29, 0.717) is 51.2 Å². The molecule has 1 amide bonds. The molecule has 2 atom stereocenters. The molecule has 3 aromatic carbocycles. The van der Waals surface area contributed by atoms with Gasteiger partial charge in [-0.2, -0.15) is 4.98 Å². The van der Waals surface area contributed by atoms with Gasteiger partial charge in [0.2, 0.25) is 17.6 Å². The van der Waals surface area contributed by atoms with E-state index >= 15 is 0 Å². The van der Waals surface area contributed by atoms with Crippen LogP contribution >= 0.6 is 34.8 Å². The summed E-state index contributed by atoms with van der Waals surface area (Å²) in [6.07, 6.45) is 1.46.